The number of rotatable bonds is 5. The fraction of sp³-hybridized carbons (Fsp3) is 0.105. The summed E-state index contributed by atoms with van der Waals surface area (Å²) in [5.74, 6) is -1.42. The van der Waals surface area contributed by atoms with Crippen molar-refractivity contribution in [3.8, 4) is 0 Å². The van der Waals surface area contributed by atoms with Crippen molar-refractivity contribution in [1.29, 1.82) is 0 Å². The van der Waals surface area contributed by atoms with Gasteiger partial charge in [0.15, 0.2) is 5.76 Å². The molecule has 0 fully saturated rings. The summed E-state index contributed by atoms with van der Waals surface area (Å²) in [6, 6.07) is 13.8. The van der Waals surface area contributed by atoms with Crippen LogP contribution >= 0.6 is 11.3 Å². The third-order valence-corrected chi connectivity index (χ3v) is 4.62. The maximum atomic E-state index is 12.2. The molecule has 6 nitrogen and oxygen atoms in total. The standard InChI is InChI=1S/C19H16N2O4S/c1-12-4-2-5-13(10-12)21-19(24)18(23)20-11-14-7-8-16(26-14)17(22)15-6-3-9-25-15/h2-10H,11H2,1H3,(H,20,23)(H,21,24). The van der Waals surface area contributed by atoms with Crippen LogP contribution in [0, 0.1) is 6.92 Å². The van der Waals surface area contributed by atoms with Crippen LogP contribution in [-0.2, 0) is 16.1 Å². The second kappa shape index (κ2) is 7.79. The van der Waals surface area contributed by atoms with Gasteiger partial charge in [0.05, 0.1) is 17.7 Å². The number of carbonyl (C=O) groups excluding carboxylic acids is 3. The fourth-order valence-electron chi connectivity index (χ4n) is 2.28. The molecule has 0 spiro atoms. The number of ketones is 1. The van der Waals surface area contributed by atoms with E-state index in [9.17, 15) is 14.4 Å². The van der Waals surface area contributed by atoms with Gasteiger partial charge in [0.1, 0.15) is 0 Å². The number of hydrogen-bond donors (Lipinski definition) is 2. The van der Waals surface area contributed by atoms with E-state index in [0.717, 1.165) is 10.4 Å². The average Bonchev–Trinajstić information content (AvgIpc) is 3.31. The van der Waals surface area contributed by atoms with Crippen molar-refractivity contribution in [2.75, 3.05) is 5.32 Å². The number of furan rings is 1. The first-order valence-corrected chi connectivity index (χ1v) is 8.67. The second-order valence-electron chi connectivity index (χ2n) is 5.58. The maximum Gasteiger partial charge on any atom is 0.313 e. The van der Waals surface area contributed by atoms with E-state index >= 15 is 0 Å². The van der Waals surface area contributed by atoms with E-state index in [0.29, 0.717) is 10.6 Å². The Morgan fingerprint density at radius 1 is 1.04 bits per heavy atom. The number of aryl methyl sites for hydroxylation is 1. The minimum Gasteiger partial charge on any atom is -0.461 e. The lowest BCUT2D eigenvalue weighted by Gasteiger charge is -2.06. The number of amides is 2. The first-order valence-electron chi connectivity index (χ1n) is 7.85. The topological polar surface area (TPSA) is 88.4 Å². The first kappa shape index (κ1) is 17.6. The van der Waals surface area contributed by atoms with Crippen LogP contribution in [0.25, 0.3) is 0 Å². The molecule has 2 heterocycles. The summed E-state index contributed by atoms with van der Waals surface area (Å²) in [6.07, 6.45) is 1.44. The van der Waals surface area contributed by atoms with Gasteiger partial charge in [0, 0.05) is 10.6 Å². The van der Waals surface area contributed by atoms with Crippen molar-refractivity contribution in [3.63, 3.8) is 0 Å². The predicted octanol–water partition coefficient (Wildman–Crippen LogP) is 3.14. The summed E-state index contributed by atoms with van der Waals surface area (Å²) in [7, 11) is 0. The molecule has 1 aromatic carbocycles. The normalized spacial score (nSPS) is 10.3. The minimum absolute atomic E-state index is 0.163. The van der Waals surface area contributed by atoms with Gasteiger partial charge in [-0.05, 0) is 48.9 Å². The molecule has 0 atom stereocenters. The Balaban J connectivity index is 1.54. The van der Waals surface area contributed by atoms with Gasteiger partial charge in [-0.2, -0.15) is 0 Å². The molecule has 0 radical (unpaired) electrons. The summed E-state index contributed by atoms with van der Waals surface area (Å²) < 4.78 is 5.09. The van der Waals surface area contributed by atoms with Crippen molar-refractivity contribution >= 4 is 34.6 Å². The molecular formula is C19H16N2O4S. The molecule has 7 heteroatoms. The van der Waals surface area contributed by atoms with Gasteiger partial charge in [-0.15, -0.1) is 11.3 Å². The number of hydrogen-bond acceptors (Lipinski definition) is 5. The lowest BCUT2D eigenvalue weighted by Crippen LogP contribution is -2.34. The number of benzene rings is 1. The molecule has 132 valence electrons. The average molecular weight is 368 g/mol. The van der Waals surface area contributed by atoms with Gasteiger partial charge >= 0.3 is 11.8 Å². The molecule has 0 aliphatic heterocycles. The molecule has 0 saturated carbocycles. The summed E-state index contributed by atoms with van der Waals surface area (Å²) >= 11 is 1.24. The van der Waals surface area contributed by atoms with Gasteiger partial charge in [-0.1, -0.05) is 12.1 Å². The molecule has 3 rings (SSSR count). The van der Waals surface area contributed by atoms with E-state index in [-0.39, 0.29) is 18.1 Å². The van der Waals surface area contributed by atoms with Crippen molar-refractivity contribution in [3.05, 3.63) is 75.9 Å². The van der Waals surface area contributed by atoms with Crippen LogP contribution in [0.5, 0.6) is 0 Å². The molecule has 0 aliphatic carbocycles. The first-order chi connectivity index (χ1) is 12.5. The fourth-order valence-corrected chi connectivity index (χ4v) is 3.17. The SMILES string of the molecule is Cc1cccc(NC(=O)C(=O)NCc2ccc(C(=O)c3ccco3)s2)c1. The Labute approximate surface area is 153 Å². The minimum atomic E-state index is -0.737. The Hall–Kier alpha value is -3.19. The molecule has 0 aliphatic rings. The summed E-state index contributed by atoms with van der Waals surface area (Å²) in [5, 5.41) is 5.09. The maximum absolute atomic E-state index is 12.2. The second-order valence-corrected chi connectivity index (χ2v) is 6.75. The summed E-state index contributed by atoms with van der Waals surface area (Å²) in [6.45, 7) is 2.06. The zero-order valence-corrected chi connectivity index (χ0v) is 14.8. The van der Waals surface area contributed by atoms with E-state index in [2.05, 4.69) is 10.6 Å². The molecule has 2 aromatic heterocycles. The van der Waals surface area contributed by atoms with Crippen LogP contribution < -0.4 is 10.6 Å². The van der Waals surface area contributed by atoms with Crippen LogP contribution in [0.3, 0.4) is 0 Å². The van der Waals surface area contributed by atoms with Gasteiger partial charge in [0.2, 0.25) is 5.78 Å². The quantitative estimate of drug-likeness (QED) is 0.535. The zero-order valence-electron chi connectivity index (χ0n) is 13.9. The smallest absolute Gasteiger partial charge is 0.313 e. The highest BCUT2D eigenvalue weighted by molar-refractivity contribution is 7.14. The summed E-state index contributed by atoms with van der Waals surface area (Å²) in [5.41, 5.74) is 1.54. The Morgan fingerprint density at radius 3 is 2.62 bits per heavy atom. The predicted molar refractivity (Wildman–Crippen MR) is 98.1 cm³/mol. The summed E-state index contributed by atoms with van der Waals surface area (Å²) in [4.78, 5) is 37.3. The molecule has 0 saturated heterocycles. The van der Waals surface area contributed by atoms with Crippen LogP contribution in [0.1, 0.15) is 25.9 Å². The van der Waals surface area contributed by atoms with Gasteiger partial charge in [-0.25, -0.2) is 0 Å². The molecule has 2 N–H and O–H groups in total. The Bertz CT molecular complexity index is 944. The molecule has 26 heavy (non-hydrogen) atoms. The van der Waals surface area contributed by atoms with E-state index in [4.69, 9.17) is 4.42 Å². The van der Waals surface area contributed by atoms with Gasteiger partial charge < -0.3 is 15.1 Å². The molecular weight excluding hydrogens is 352 g/mol. The van der Waals surface area contributed by atoms with Crippen LogP contribution in [-0.4, -0.2) is 17.6 Å². The van der Waals surface area contributed by atoms with Crippen molar-refractivity contribution in [1.82, 2.24) is 5.32 Å². The van der Waals surface area contributed by atoms with Crippen molar-refractivity contribution < 1.29 is 18.8 Å². The molecule has 0 bridgehead atoms. The van der Waals surface area contributed by atoms with E-state index in [1.807, 2.05) is 13.0 Å². The van der Waals surface area contributed by atoms with Crippen LogP contribution in [0.2, 0.25) is 0 Å². The monoisotopic (exact) mass is 368 g/mol. The van der Waals surface area contributed by atoms with E-state index in [1.54, 1.807) is 42.5 Å². The molecule has 0 unspecified atom stereocenters. The lowest BCUT2D eigenvalue weighted by molar-refractivity contribution is -0.136. The zero-order chi connectivity index (χ0) is 18.5. The van der Waals surface area contributed by atoms with E-state index < -0.39 is 11.8 Å². The number of carbonyl (C=O) groups is 3. The third-order valence-electron chi connectivity index (χ3n) is 3.54. The highest BCUT2D eigenvalue weighted by Crippen LogP contribution is 2.20. The third kappa shape index (κ3) is 4.25. The van der Waals surface area contributed by atoms with Gasteiger partial charge in [-0.3, -0.25) is 14.4 Å². The van der Waals surface area contributed by atoms with Crippen LogP contribution in [0.15, 0.2) is 59.2 Å². The van der Waals surface area contributed by atoms with Crippen molar-refractivity contribution in [2.45, 2.75) is 13.5 Å². The van der Waals surface area contributed by atoms with Crippen LogP contribution in [0.4, 0.5) is 5.69 Å². The Morgan fingerprint density at radius 2 is 1.88 bits per heavy atom. The van der Waals surface area contributed by atoms with Crippen molar-refractivity contribution in [2.24, 2.45) is 0 Å². The highest BCUT2D eigenvalue weighted by atomic mass is 32.1. The highest BCUT2D eigenvalue weighted by Gasteiger charge is 2.16. The van der Waals surface area contributed by atoms with E-state index in [1.165, 1.54) is 17.6 Å². The largest absolute Gasteiger partial charge is 0.461 e. The number of thiophene rings is 1. The number of anilines is 1. The molecule has 2 amide bonds. The lowest BCUT2D eigenvalue weighted by atomic mass is 10.2. The van der Waals surface area contributed by atoms with Gasteiger partial charge in [0.25, 0.3) is 0 Å². The molecule has 3 aromatic rings. The Kier molecular flexibility index (Phi) is 5.28. The number of nitrogens with one attached hydrogen (secondary N) is 2.